The number of carbonyl (C=O) groups excluding carboxylic acids is 1. The minimum atomic E-state index is -3.22. The van der Waals surface area contributed by atoms with Gasteiger partial charge >= 0.3 is 0 Å². The van der Waals surface area contributed by atoms with Crippen LogP contribution in [0, 0.1) is 0 Å². The third-order valence-electron chi connectivity index (χ3n) is 3.54. The molecule has 7 heteroatoms. The van der Waals surface area contributed by atoms with E-state index in [0.717, 1.165) is 11.1 Å². The van der Waals surface area contributed by atoms with Crippen LogP contribution in [0.3, 0.4) is 0 Å². The molecule has 2 aromatic carbocycles. The average molecular weight is 372 g/mol. The number of nitrogens with zero attached hydrogens (tertiary/aromatic N) is 1. The highest BCUT2D eigenvalue weighted by Crippen LogP contribution is 2.26. The van der Waals surface area contributed by atoms with Crippen molar-refractivity contribution in [1.29, 1.82) is 0 Å². The van der Waals surface area contributed by atoms with Gasteiger partial charge in [-0.3, -0.25) is 4.79 Å². The normalized spacial score (nSPS) is 11.2. The smallest absolute Gasteiger partial charge is 0.230 e. The molecule has 1 aromatic heterocycles. The van der Waals surface area contributed by atoms with E-state index >= 15 is 0 Å². The molecule has 0 saturated carbocycles. The van der Waals surface area contributed by atoms with E-state index in [1.807, 2.05) is 35.7 Å². The first-order valence-electron chi connectivity index (χ1n) is 7.51. The van der Waals surface area contributed by atoms with Crippen molar-refractivity contribution in [2.75, 3.05) is 11.6 Å². The number of anilines is 1. The summed E-state index contributed by atoms with van der Waals surface area (Å²) in [5.41, 5.74) is 2.43. The molecule has 3 aromatic rings. The van der Waals surface area contributed by atoms with Gasteiger partial charge in [0.2, 0.25) is 5.91 Å². The second-order valence-electron chi connectivity index (χ2n) is 5.54. The van der Waals surface area contributed by atoms with Crippen LogP contribution < -0.4 is 5.32 Å². The van der Waals surface area contributed by atoms with Gasteiger partial charge in [0.15, 0.2) is 15.0 Å². The number of nitrogens with one attached hydrogen (secondary N) is 1. The third-order valence-corrected chi connectivity index (χ3v) is 5.42. The van der Waals surface area contributed by atoms with Crippen LogP contribution >= 0.6 is 11.3 Å². The molecular weight excluding hydrogens is 356 g/mol. The van der Waals surface area contributed by atoms with Gasteiger partial charge in [-0.05, 0) is 17.7 Å². The Kier molecular flexibility index (Phi) is 4.96. The van der Waals surface area contributed by atoms with Gasteiger partial charge in [-0.2, -0.15) is 0 Å². The Morgan fingerprint density at radius 3 is 2.40 bits per heavy atom. The standard InChI is InChI=1S/C18H16N2O3S2/c1-25(22,23)15-9-7-14(8-10-15)16-12-24-18(19-16)20-17(21)11-13-5-3-2-4-6-13/h2-10,12H,11H2,1H3,(H,19,20,21). The summed E-state index contributed by atoms with van der Waals surface area (Å²) >= 11 is 1.33. The summed E-state index contributed by atoms with van der Waals surface area (Å²) in [7, 11) is -3.22. The zero-order chi connectivity index (χ0) is 17.9. The van der Waals surface area contributed by atoms with Crippen LogP contribution in [-0.2, 0) is 21.1 Å². The van der Waals surface area contributed by atoms with Crippen LogP contribution in [0.15, 0.2) is 64.9 Å². The quantitative estimate of drug-likeness (QED) is 0.745. The van der Waals surface area contributed by atoms with E-state index in [4.69, 9.17) is 0 Å². The first kappa shape index (κ1) is 17.3. The van der Waals surface area contributed by atoms with Crippen LogP contribution in [0.4, 0.5) is 5.13 Å². The van der Waals surface area contributed by atoms with E-state index in [0.29, 0.717) is 17.2 Å². The molecule has 0 aliphatic carbocycles. The Labute approximate surface area is 150 Å². The largest absolute Gasteiger partial charge is 0.302 e. The lowest BCUT2D eigenvalue weighted by Crippen LogP contribution is -2.14. The molecule has 0 unspecified atom stereocenters. The van der Waals surface area contributed by atoms with Gasteiger partial charge in [-0.25, -0.2) is 13.4 Å². The highest BCUT2D eigenvalue weighted by atomic mass is 32.2. The highest BCUT2D eigenvalue weighted by Gasteiger charge is 2.10. The number of carbonyl (C=O) groups is 1. The third kappa shape index (κ3) is 4.52. The van der Waals surface area contributed by atoms with Gasteiger partial charge in [0.1, 0.15) is 0 Å². The number of sulfone groups is 1. The highest BCUT2D eigenvalue weighted by molar-refractivity contribution is 7.90. The number of amides is 1. The molecule has 25 heavy (non-hydrogen) atoms. The summed E-state index contributed by atoms with van der Waals surface area (Å²) in [6.07, 6.45) is 1.46. The molecule has 0 fully saturated rings. The maximum Gasteiger partial charge on any atom is 0.230 e. The molecule has 0 aliphatic rings. The molecule has 0 radical (unpaired) electrons. The zero-order valence-corrected chi connectivity index (χ0v) is 15.1. The molecule has 0 saturated heterocycles. The number of hydrogen-bond acceptors (Lipinski definition) is 5. The van der Waals surface area contributed by atoms with E-state index in [2.05, 4.69) is 10.3 Å². The number of benzene rings is 2. The predicted octanol–water partition coefficient (Wildman–Crippen LogP) is 3.39. The Hall–Kier alpha value is -2.51. The van der Waals surface area contributed by atoms with Crippen LogP contribution in [0.2, 0.25) is 0 Å². The lowest BCUT2D eigenvalue weighted by Gasteiger charge is -2.02. The van der Waals surface area contributed by atoms with Gasteiger partial charge in [-0.15, -0.1) is 11.3 Å². The number of thiazole rings is 1. The minimum absolute atomic E-state index is 0.125. The molecule has 5 nitrogen and oxygen atoms in total. The lowest BCUT2D eigenvalue weighted by molar-refractivity contribution is -0.115. The van der Waals surface area contributed by atoms with Gasteiger partial charge in [-0.1, -0.05) is 42.5 Å². The Bertz CT molecular complexity index is 979. The Balaban J connectivity index is 1.69. The minimum Gasteiger partial charge on any atom is -0.302 e. The van der Waals surface area contributed by atoms with Crippen LogP contribution in [0.5, 0.6) is 0 Å². The summed E-state index contributed by atoms with van der Waals surface area (Å²) in [6, 6.07) is 16.0. The fraction of sp³-hybridized carbons (Fsp3) is 0.111. The maximum atomic E-state index is 12.1. The first-order valence-corrected chi connectivity index (χ1v) is 10.3. The van der Waals surface area contributed by atoms with E-state index in [-0.39, 0.29) is 10.8 Å². The fourth-order valence-corrected chi connectivity index (χ4v) is 3.65. The van der Waals surface area contributed by atoms with E-state index in [1.54, 1.807) is 24.3 Å². The predicted molar refractivity (Wildman–Crippen MR) is 99.4 cm³/mol. The molecule has 0 atom stereocenters. The van der Waals surface area contributed by atoms with E-state index in [9.17, 15) is 13.2 Å². The first-order chi connectivity index (χ1) is 11.9. The van der Waals surface area contributed by atoms with Crippen LogP contribution in [0.25, 0.3) is 11.3 Å². The van der Waals surface area contributed by atoms with Crippen molar-refractivity contribution < 1.29 is 13.2 Å². The Morgan fingerprint density at radius 2 is 1.76 bits per heavy atom. The molecule has 1 heterocycles. The second-order valence-corrected chi connectivity index (χ2v) is 8.42. The zero-order valence-electron chi connectivity index (χ0n) is 13.5. The fourth-order valence-electron chi connectivity index (χ4n) is 2.28. The molecule has 0 spiro atoms. The molecular formula is C18H16N2O3S2. The van der Waals surface area contributed by atoms with E-state index < -0.39 is 9.84 Å². The SMILES string of the molecule is CS(=O)(=O)c1ccc(-c2csc(NC(=O)Cc3ccccc3)n2)cc1. The van der Waals surface area contributed by atoms with Crippen molar-refractivity contribution in [1.82, 2.24) is 4.98 Å². The van der Waals surface area contributed by atoms with Crippen molar-refractivity contribution >= 4 is 32.2 Å². The van der Waals surface area contributed by atoms with Crippen LogP contribution in [-0.4, -0.2) is 25.6 Å². The summed E-state index contributed by atoms with van der Waals surface area (Å²) in [5.74, 6) is -0.125. The van der Waals surface area contributed by atoms with E-state index in [1.165, 1.54) is 17.6 Å². The van der Waals surface area contributed by atoms with Gasteiger partial charge in [0.25, 0.3) is 0 Å². The summed E-state index contributed by atoms with van der Waals surface area (Å²) in [5, 5.41) is 5.13. The molecule has 1 N–H and O–H groups in total. The topological polar surface area (TPSA) is 76.1 Å². The van der Waals surface area contributed by atoms with Crippen LogP contribution in [0.1, 0.15) is 5.56 Å². The van der Waals surface area contributed by atoms with Crippen molar-refractivity contribution in [2.24, 2.45) is 0 Å². The molecule has 0 aliphatic heterocycles. The lowest BCUT2D eigenvalue weighted by atomic mass is 10.1. The summed E-state index contributed by atoms with van der Waals surface area (Å²) < 4.78 is 23.0. The maximum absolute atomic E-state index is 12.1. The molecule has 0 bridgehead atoms. The molecule has 3 rings (SSSR count). The number of rotatable bonds is 5. The number of aromatic nitrogens is 1. The van der Waals surface area contributed by atoms with Gasteiger partial charge in [0.05, 0.1) is 17.0 Å². The second kappa shape index (κ2) is 7.16. The number of hydrogen-bond donors (Lipinski definition) is 1. The molecule has 128 valence electrons. The van der Waals surface area contributed by atoms with Crippen molar-refractivity contribution in [3.8, 4) is 11.3 Å². The van der Waals surface area contributed by atoms with Gasteiger partial charge in [0, 0.05) is 17.2 Å². The summed E-state index contributed by atoms with van der Waals surface area (Å²) in [4.78, 5) is 16.7. The monoisotopic (exact) mass is 372 g/mol. The van der Waals surface area contributed by atoms with Crippen molar-refractivity contribution in [3.63, 3.8) is 0 Å². The summed E-state index contributed by atoms with van der Waals surface area (Å²) in [6.45, 7) is 0. The average Bonchev–Trinajstić information content (AvgIpc) is 3.03. The van der Waals surface area contributed by atoms with Crippen molar-refractivity contribution in [2.45, 2.75) is 11.3 Å². The Morgan fingerprint density at radius 1 is 1.08 bits per heavy atom. The molecule has 1 amide bonds. The van der Waals surface area contributed by atoms with Crippen molar-refractivity contribution in [3.05, 3.63) is 65.5 Å². The van der Waals surface area contributed by atoms with Gasteiger partial charge < -0.3 is 5.32 Å².